The van der Waals surface area contributed by atoms with Crippen LogP contribution in [0.3, 0.4) is 0 Å². The van der Waals surface area contributed by atoms with Crippen molar-refractivity contribution in [1.29, 1.82) is 0 Å². The zero-order valence-corrected chi connectivity index (χ0v) is 11.0. The molecular weight excluding hydrogens is 242 g/mol. The smallest absolute Gasteiger partial charge is 0.248 e. The Bertz CT molecular complexity index is 489. The van der Waals surface area contributed by atoms with E-state index < -0.39 is 16.3 Å². The minimum atomic E-state index is -3.51. The molecule has 1 aliphatic heterocycles. The summed E-state index contributed by atoms with van der Waals surface area (Å²) in [5.41, 5.74) is 1.07. The number of aromatic amines is 1. The molecule has 2 heterocycles. The number of ether oxygens (including phenoxy) is 1. The first-order chi connectivity index (χ1) is 7.94. The van der Waals surface area contributed by atoms with Crippen molar-refractivity contribution in [2.45, 2.75) is 38.3 Å². The molecule has 0 aliphatic carbocycles. The fraction of sp³-hybridized carbons (Fsp3) is 0.700. The molecule has 1 aliphatic rings. The first-order valence-corrected chi connectivity index (χ1v) is 7.03. The normalized spacial score (nSPS) is 22.9. The van der Waals surface area contributed by atoms with Gasteiger partial charge in [0.05, 0.1) is 11.4 Å². The molecule has 1 N–H and O–H groups in total. The molecule has 1 atom stereocenters. The zero-order chi connectivity index (χ0) is 12.6. The lowest BCUT2D eigenvalue weighted by Crippen LogP contribution is -2.44. The molecule has 96 valence electrons. The summed E-state index contributed by atoms with van der Waals surface area (Å²) in [4.78, 5) is 0.273. The average molecular weight is 259 g/mol. The van der Waals surface area contributed by atoms with E-state index in [2.05, 4.69) is 10.2 Å². The highest BCUT2D eigenvalue weighted by molar-refractivity contribution is 7.89. The van der Waals surface area contributed by atoms with Crippen LogP contribution in [-0.4, -0.2) is 42.3 Å². The van der Waals surface area contributed by atoms with E-state index in [1.165, 1.54) is 4.31 Å². The highest BCUT2D eigenvalue weighted by atomic mass is 32.2. The van der Waals surface area contributed by atoms with Gasteiger partial charge in [-0.15, -0.1) is 0 Å². The highest BCUT2D eigenvalue weighted by Gasteiger charge is 2.34. The Balaban J connectivity index is 2.42. The fourth-order valence-corrected chi connectivity index (χ4v) is 4.00. The Kier molecular flexibility index (Phi) is 3.24. The number of hydrogen-bond donors (Lipinski definition) is 1. The maximum Gasteiger partial charge on any atom is 0.248 e. The quantitative estimate of drug-likeness (QED) is 0.851. The summed E-state index contributed by atoms with van der Waals surface area (Å²) in [6.07, 6.45) is 0.307. The SMILES string of the molecule is Cc1n[nH]c(C)c1S(=O)(=O)N1CCCOC1C. The summed E-state index contributed by atoms with van der Waals surface area (Å²) in [5.74, 6) is 0. The Morgan fingerprint density at radius 1 is 1.47 bits per heavy atom. The first-order valence-electron chi connectivity index (χ1n) is 5.59. The summed E-state index contributed by atoms with van der Waals surface area (Å²) in [5, 5.41) is 6.63. The average Bonchev–Trinajstić information content (AvgIpc) is 2.59. The van der Waals surface area contributed by atoms with Gasteiger partial charge in [0.2, 0.25) is 10.0 Å². The number of H-pyrrole nitrogens is 1. The van der Waals surface area contributed by atoms with Crippen molar-refractivity contribution in [1.82, 2.24) is 14.5 Å². The minimum absolute atomic E-state index is 0.273. The molecule has 7 heteroatoms. The van der Waals surface area contributed by atoms with Gasteiger partial charge in [0.25, 0.3) is 0 Å². The van der Waals surface area contributed by atoms with Crippen LogP contribution in [-0.2, 0) is 14.8 Å². The Labute approximate surface area is 101 Å². The lowest BCUT2D eigenvalue weighted by Gasteiger charge is -2.32. The number of sulfonamides is 1. The van der Waals surface area contributed by atoms with Gasteiger partial charge in [0.15, 0.2) is 0 Å². The molecule has 0 radical (unpaired) electrons. The van der Waals surface area contributed by atoms with E-state index in [1.54, 1.807) is 20.8 Å². The van der Waals surface area contributed by atoms with Crippen molar-refractivity contribution >= 4 is 10.0 Å². The molecule has 1 aromatic rings. The summed E-state index contributed by atoms with van der Waals surface area (Å²) in [7, 11) is -3.51. The van der Waals surface area contributed by atoms with Crippen LogP contribution in [0.2, 0.25) is 0 Å². The van der Waals surface area contributed by atoms with E-state index >= 15 is 0 Å². The van der Waals surface area contributed by atoms with Crippen molar-refractivity contribution in [2.24, 2.45) is 0 Å². The second-order valence-electron chi connectivity index (χ2n) is 4.20. The first kappa shape index (κ1) is 12.5. The van der Waals surface area contributed by atoms with Crippen LogP contribution >= 0.6 is 0 Å². The van der Waals surface area contributed by atoms with Crippen molar-refractivity contribution in [2.75, 3.05) is 13.2 Å². The van der Waals surface area contributed by atoms with Crippen molar-refractivity contribution in [3.63, 3.8) is 0 Å². The zero-order valence-electron chi connectivity index (χ0n) is 10.2. The number of nitrogens with zero attached hydrogens (tertiary/aromatic N) is 2. The third-order valence-electron chi connectivity index (χ3n) is 2.91. The molecule has 0 spiro atoms. The largest absolute Gasteiger partial charge is 0.362 e. The number of nitrogens with one attached hydrogen (secondary N) is 1. The van der Waals surface area contributed by atoms with Crippen LogP contribution in [0, 0.1) is 13.8 Å². The van der Waals surface area contributed by atoms with E-state index in [0.717, 1.165) is 6.42 Å². The topological polar surface area (TPSA) is 75.3 Å². The molecule has 17 heavy (non-hydrogen) atoms. The van der Waals surface area contributed by atoms with Gasteiger partial charge in [0, 0.05) is 13.2 Å². The molecule has 2 rings (SSSR count). The fourth-order valence-electron chi connectivity index (χ4n) is 2.09. The molecule has 6 nitrogen and oxygen atoms in total. The van der Waals surface area contributed by atoms with Crippen LogP contribution in [0.15, 0.2) is 4.90 Å². The van der Waals surface area contributed by atoms with Gasteiger partial charge in [-0.3, -0.25) is 5.10 Å². The Morgan fingerprint density at radius 2 is 2.18 bits per heavy atom. The molecule has 1 fully saturated rings. The molecule has 1 unspecified atom stereocenters. The summed E-state index contributed by atoms with van der Waals surface area (Å²) in [6.45, 7) is 6.25. The van der Waals surface area contributed by atoms with Crippen LogP contribution in [0.5, 0.6) is 0 Å². The molecule has 1 aromatic heterocycles. The highest BCUT2D eigenvalue weighted by Crippen LogP contribution is 2.25. The summed E-state index contributed by atoms with van der Waals surface area (Å²) < 4.78 is 31.7. The third kappa shape index (κ3) is 2.10. The Morgan fingerprint density at radius 3 is 2.71 bits per heavy atom. The molecule has 0 amide bonds. The molecule has 0 saturated carbocycles. The van der Waals surface area contributed by atoms with E-state index in [0.29, 0.717) is 24.5 Å². The number of rotatable bonds is 2. The van der Waals surface area contributed by atoms with Gasteiger partial charge in [-0.1, -0.05) is 0 Å². The molecule has 1 saturated heterocycles. The summed E-state index contributed by atoms with van der Waals surface area (Å²) in [6, 6.07) is 0. The standard InChI is InChI=1S/C10H17N3O3S/c1-7-10(8(2)12-11-7)17(14,15)13-5-4-6-16-9(13)3/h9H,4-6H2,1-3H3,(H,11,12). The van der Waals surface area contributed by atoms with Gasteiger partial charge in [-0.05, 0) is 27.2 Å². The van der Waals surface area contributed by atoms with Crippen LogP contribution < -0.4 is 0 Å². The van der Waals surface area contributed by atoms with Crippen molar-refractivity contribution in [3.8, 4) is 0 Å². The summed E-state index contributed by atoms with van der Waals surface area (Å²) >= 11 is 0. The monoisotopic (exact) mass is 259 g/mol. The predicted molar refractivity (Wildman–Crippen MR) is 62.0 cm³/mol. The number of aromatic nitrogens is 2. The van der Waals surface area contributed by atoms with Crippen LogP contribution in [0.1, 0.15) is 24.7 Å². The van der Waals surface area contributed by atoms with Crippen LogP contribution in [0.4, 0.5) is 0 Å². The Hall–Kier alpha value is -0.920. The second-order valence-corrected chi connectivity index (χ2v) is 6.03. The van der Waals surface area contributed by atoms with E-state index in [9.17, 15) is 8.42 Å². The lowest BCUT2D eigenvalue weighted by molar-refractivity contribution is -0.0410. The van der Waals surface area contributed by atoms with Crippen molar-refractivity contribution < 1.29 is 13.2 Å². The second kappa shape index (κ2) is 4.40. The van der Waals surface area contributed by atoms with Gasteiger partial charge >= 0.3 is 0 Å². The van der Waals surface area contributed by atoms with E-state index in [4.69, 9.17) is 4.74 Å². The van der Waals surface area contributed by atoms with Gasteiger partial charge in [-0.2, -0.15) is 9.40 Å². The third-order valence-corrected chi connectivity index (χ3v) is 5.13. The number of aryl methyl sites for hydroxylation is 2. The van der Waals surface area contributed by atoms with Crippen LogP contribution in [0.25, 0.3) is 0 Å². The molecule has 0 aromatic carbocycles. The molecular formula is C10H17N3O3S. The minimum Gasteiger partial charge on any atom is -0.362 e. The predicted octanol–water partition coefficient (Wildman–Crippen LogP) is 0.784. The lowest BCUT2D eigenvalue weighted by atomic mass is 10.4. The maximum absolute atomic E-state index is 12.5. The van der Waals surface area contributed by atoms with E-state index in [-0.39, 0.29) is 4.90 Å². The van der Waals surface area contributed by atoms with Gasteiger partial charge in [-0.25, -0.2) is 8.42 Å². The van der Waals surface area contributed by atoms with Gasteiger partial charge < -0.3 is 4.74 Å². The van der Waals surface area contributed by atoms with E-state index in [1.807, 2.05) is 0 Å². The number of hydrogen-bond acceptors (Lipinski definition) is 4. The molecule has 0 bridgehead atoms. The van der Waals surface area contributed by atoms with Gasteiger partial charge in [0.1, 0.15) is 11.1 Å². The van der Waals surface area contributed by atoms with Crippen molar-refractivity contribution in [3.05, 3.63) is 11.4 Å². The maximum atomic E-state index is 12.5.